The fourth-order valence-corrected chi connectivity index (χ4v) is 5.68. The predicted molar refractivity (Wildman–Crippen MR) is 119 cm³/mol. The van der Waals surface area contributed by atoms with Crippen LogP contribution in [0.3, 0.4) is 0 Å². The molecule has 2 saturated carbocycles. The minimum atomic E-state index is -0.341. The fraction of sp³-hybridized carbons (Fsp3) is 0.480. The van der Waals surface area contributed by atoms with Crippen LogP contribution >= 0.6 is 0 Å². The number of hydrogen-bond donors (Lipinski definition) is 1. The number of pyridine rings is 1. The molecule has 0 bridgehead atoms. The lowest BCUT2D eigenvalue weighted by atomic mass is 9.62. The molecular weight excluding hydrogens is 393 g/mol. The molecule has 2 aliphatic rings. The Balaban J connectivity index is 1.40. The third-order valence-corrected chi connectivity index (χ3v) is 7.55. The normalized spacial score (nSPS) is 24.2. The third kappa shape index (κ3) is 3.42. The molecule has 0 atom stereocenters. The summed E-state index contributed by atoms with van der Waals surface area (Å²) in [6.07, 6.45) is 8.97. The Morgan fingerprint density at radius 1 is 1.16 bits per heavy atom. The van der Waals surface area contributed by atoms with Crippen LogP contribution in [0.5, 0.6) is 0 Å². The van der Waals surface area contributed by atoms with Crippen molar-refractivity contribution in [3.8, 4) is 11.3 Å². The van der Waals surface area contributed by atoms with Crippen molar-refractivity contribution in [2.75, 3.05) is 0 Å². The minimum absolute atomic E-state index is 0.113. The van der Waals surface area contributed by atoms with Gasteiger partial charge in [-0.3, -0.25) is 14.3 Å². The first-order chi connectivity index (χ1) is 15.0. The highest BCUT2D eigenvalue weighted by atomic mass is 19.1. The summed E-state index contributed by atoms with van der Waals surface area (Å²) in [5.74, 6) is 0.274. The van der Waals surface area contributed by atoms with Crippen LogP contribution < -0.4 is 5.56 Å². The first-order valence-electron chi connectivity index (χ1n) is 11.4. The van der Waals surface area contributed by atoms with E-state index in [1.54, 1.807) is 4.68 Å². The lowest BCUT2D eigenvalue weighted by Crippen LogP contribution is -2.38. The zero-order valence-electron chi connectivity index (χ0n) is 17.9. The molecule has 2 aliphatic carbocycles. The van der Waals surface area contributed by atoms with Crippen LogP contribution in [0.25, 0.3) is 22.2 Å². The molecule has 5 rings (SSSR count). The van der Waals surface area contributed by atoms with Gasteiger partial charge >= 0.3 is 0 Å². The molecule has 1 N–H and O–H groups in total. The number of ketones is 1. The van der Waals surface area contributed by atoms with Crippen LogP contribution in [0, 0.1) is 11.2 Å². The summed E-state index contributed by atoms with van der Waals surface area (Å²) in [6.45, 7) is 2.61. The molecule has 6 heteroatoms. The van der Waals surface area contributed by atoms with Gasteiger partial charge in [-0.05, 0) is 69.6 Å². The molecule has 1 spiro atoms. The van der Waals surface area contributed by atoms with Crippen LogP contribution in [0.2, 0.25) is 0 Å². The Labute approximate surface area is 180 Å². The zero-order valence-corrected chi connectivity index (χ0v) is 17.9. The molecule has 3 aromatic rings. The maximum atomic E-state index is 14.6. The number of fused-ring (bicyclic) bond motifs is 1. The van der Waals surface area contributed by atoms with E-state index in [0.717, 1.165) is 62.4 Å². The number of halogens is 1. The number of carbonyl (C=O) groups excluding carboxylic acids is 1. The number of nitrogens with zero attached hydrogens (tertiary/aromatic N) is 2. The highest BCUT2D eigenvalue weighted by Gasteiger charge is 2.42. The number of carbonyl (C=O) groups is 1. The Morgan fingerprint density at radius 3 is 2.68 bits per heavy atom. The van der Waals surface area contributed by atoms with Gasteiger partial charge in [-0.15, -0.1) is 0 Å². The summed E-state index contributed by atoms with van der Waals surface area (Å²) < 4.78 is 16.3. The van der Waals surface area contributed by atoms with Crippen molar-refractivity contribution in [3.05, 3.63) is 52.2 Å². The first kappa shape index (κ1) is 20.2. The number of rotatable bonds is 3. The van der Waals surface area contributed by atoms with Crippen molar-refractivity contribution in [1.29, 1.82) is 0 Å². The largest absolute Gasteiger partial charge is 0.322 e. The monoisotopic (exact) mass is 421 g/mol. The molecule has 162 valence electrons. The third-order valence-electron chi connectivity index (χ3n) is 7.55. The summed E-state index contributed by atoms with van der Waals surface area (Å²) in [7, 11) is 0. The number of hydrogen-bond acceptors (Lipinski definition) is 3. The molecule has 0 amide bonds. The summed E-state index contributed by atoms with van der Waals surface area (Å²) in [6, 6.07) is 7.09. The number of benzene rings is 1. The van der Waals surface area contributed by atoms with Gasteiger partial charge in [-0.1, -0.05) is 12.5 Å². The summed E-state index contributed by atoms with van der Waals surface area (Å²) in [4.78, 5) is 28.4. The standard InChI is InChI=1S/C25H28FN3O2/c1-2-29-22-14-17(13-20(26)19(22)15-27-29)21-7-6-18(24(31)28-21)16-8-11-25(12-9-16)10-4-3-5-23(25)30/h6-7,13-16H,2-5,8-12H2,1H3,(H,28,31). The molecule has 0 aliphatic heterocycles. The Bertz CT molecular complexity index is 1200. The van der Waals surface area contributed by atoms with E-state index in [-0.39, 0.29) is 22.7 Å². The van der Waals surface area contributed by atoms with Crippen LogP contribution in [-0.4, -0.2) is 20.5 Å². The lowest BCUT2D eigenvalue weighted by molar-refractivity contribution is -0.133. The Kier molecular flexibility index (Phi) is 5.03. The van der Waals surface area contributed by atoms with Crippen LogP contribution in [0.1, 0.15) is 69.8 Å². The van der Waals surface area contributed by atoms with Gasteiger partial charge in [0.1, 0.15) is 11.6 Å². The van der Waals surface area contributed by atoms with Crippen molar-refractivity contribution in [2.45, 2.75) is 70.8 Å². The maximum Gasteiger partial charge on any atom is 0.251 e. The summed E-state index contributed by atoms with van der Waals surface area (Å²) in [5.41, 5.74) is 2.50. The van der Waals surface area contributed by atoms with E-state index in [1.807, 2.05) is 25.1 Å². The molecule has 0 unspecified atom stereocenters. The van der Waals surface area contributed by atoms with E-state index in [0.29, 0.717) is 29.0 Å². The van der Waals surface area contributed by atoms with Crippen LogP contribution in [0.4, 0.5) is 4.39 Å². The quantitative estimate of drug-likeness (QED) is 0.621. The second kappa shape index (κ2) is 7.74. The molecule has 31 heavy (non-hydrogen) atoms. The van der Waals surface area contributed by atoms with Gasteiger partial charge in [-0.25, -0.2) is 4.39 Å². The first-order valence-corrected chi connectivity index (χ1v) is 11.4. The van der Waals surface area contributed by atoms with Gasteiger partial charge in [0.15, 0.2) is 0 Å². The van der Waals surface area contributed by atoms with Gasteiger partial charge < -0.3 is 4.98 Å². The molecule has 2 heterocycles. The van der Waals surface area contributed by atoms with E-state index in [1.165, 1.54) is 12.3 Å². The molecular formula is C25H28FN3O2. The van der Waals surface area contributed by atoms with Crippen molar-refractivity contribution < 1.29 is 9.18 Å². The van der Waals surface area contributed by atoms with Gasteiger partial charge in [0, 0.05) is 35.2 Å². The van der Waals surface area contributed by atoms with E-state index >= 15 is 0 Å². The van der Waals surface area contributed by atoms with Gasteiger partial charge in [0.2, 0.25) is 0 Å². The second-order valence-corrected chi connectivity index (χ2v) is 9.19. The van der Waals surface area contributed by atoms with Crippen LogP contribution in [-0.2, 0) is 11.3 Å². The molecule has 2 fully saturated rings. The lowest BCUT2D eigenvalue weighted by Gasteiger charge is -2.41. The number of aromatic amines is 1. The molecule has 0 radical (unpaired) electrons. The van der Waals surface area contributed by atoms with E-state index < -0.39 is 0 Å². The Morgan fingerprint density at radius 2 is 1.97 bits per heavy atom. The highest BCUT2D eigenvalue weighted by molar-refractivity contribution is 5.86. The van der Waals surface area contributed by atoms with Crippen molar-refractivity contribution in [3.63, 3.8) is 0 Å². The Hall–Kier alpha value is -2.76. The number of aryl methyl sites for hydroxylation is 1. The number of aromatic nitrogens is 3. The fourth-order valence-electron chi connectivity index (χ4n) is 5.68. The van der Waals surface area contributed by atoms with E-state index in [4.69, 9.17) is 0 Å². The van der Waals surface area contributed by atoms with Gasteiger partial charge in [0.25, 0.3) is 5.56 Å². The SMILES string of the molecule is CCn1ncc2c(F)cc(-c3ccc(C4CCC5(CCCCC5=O)CC4)c(=O)[nH]3)cc21. The topological polar surface area (TPSA) is 67.8 Å². The van der Waals surface area contributed by atoms with Crippen molar-refractivity contribution in [1.82, 2.24) is 14.8 Å². The zero-order chi connectivity index (χ0) is 21.6. The summed E-state index contributed by atoms with van der Waals surface area (Å²) in [5, 5.41) is 4.71. The van der Waals surface area contributed by atoms with Gasteiger partial charge in [-0.2, -0.15) is 5.10 Å². The van der Waals surface area contributed by atoms with E-state index in [2.05, 4.69) is 10.1 Å². The summed E-state index contributed by atoms with van der Waals surface area (Å²) >= 11 is 0. The average Bonchev–Trinajstić information content (AvgIpc) is 3.20. The van der Waals surface area contributed by atoms with Crippen molar-refractivity contribution >= 4 is 16.7 Å². The number of Topliss-reactive ketones (excluding diaryl/α,β-unsaturated/α-hetero) is 1. The second-order valence-electron chi connectivity index (χ2n) is 9.19. The minimum Gasteiger partial charge on any atom is -0.322 e. The van der Waals surface area contributed by atoms with E-state index in [9.17, 15) is 14.0 Å². The molecule has 2 aromatic heterocycles. The van der Waals surface area contributed by atoms with Crippen LogP contribution in [0.15, 0.2) is 35.3 Å². The number of H-pyrrole nitrogens is 1. The van der Waals surface area contributed by atoms with Crippen molar-refractivity contribution in [2.24, 2.45) is 5.41 Å². The number of nitrogens with one attached hydrogen (secondary N) is 1. The molecule has 1 aromatic carbocycles. The highest BCUT2D eigenvalue weighted by Crippen LogP contribution is 2.48. The van der Waals surface area contributed by atoms with Gasteiger partial charge in [0.05, 0.1) is 17.1 Å². The predicted octanol–water partition coefficient (Wildman–Crippen LogP) is 5.34. The molecule has 5 nitrogen and oxygen atoms in total. The molecule has 0 saturated heterocycles. The smallest absolute Gasteiger partial charge is 0.251 e. The average molecular weight is 422 g/mol. The maximum absolute atomic E-state index is 14.6.